The monoisotopic (exact) mass is 306 g/mol. The Balaban J connectivity index is 1.85. The van der Waals surface area contributed by atoms with Crippen LogP contribution in [0.15, 0.2) is 0 Å². The third-order valence-electron chi connectivity index (χ3n) is 3.93. The molecule has 2 N–H and O–H groups in total. The first-order valence-corrected chi connectivity index (χ1v) is 8.49. The number of rotatable bonds is 5. The van der Waals surface area contributed by atoms with Crippen LogP contribution in [-0.2, 0) is 19.7 Å². The summed E-state index contributed by atoms with van der Waals surface area (Å²) in [6.45, 7) is 2.58. The molecule has 3 unspecified atom stereocenters. The first-order valence-electron chi connectivity index (χ1n) is 7.05. The van der Waals surface area contributed by atoms with E-state index in [4.69, 9.17) is 9.84 Å². The minimum Gasteiger partial charge on any atom is -0.479 e. The summed E-state index contributed by atoms with van der Waals surface area (Å²) in [5.41, 5.74) is 0. The summed E-state index contributed by atoms with van der Waals surface area (Å²) >= 11 is 0. The van der Waals surface area contributed by atoms with Crippen LogP contribution in [0.2, 0.25) is 0 Å². The van der Waals surface area contributed by atoms with Crippen LogP contribution in [0.5, 0.6) is 0 Å². The second kappa shape index (κ2) is 6.38. The molecule has 0 saturated carbocycles. The average molecular weight is 306 g/mol. The molecular weight excluding hydrogens is 284 g/mol. The van der Waals surface area contributed by atoms with E-state index in [0.29, 0.717) is 19.4 Å². The number of hydrogen-bond donors (Lipinski definition) is 2. The number of piperidine rings is 1. The Morgan fingerprint density at radius 3 is 2.70 bits per heavy atom. The number of carbonyl (C=O) groups is 1. The minimum atomic E-state index is -3.50. The van der Waals surface area contributed by atoms with E-state index in [1.807, 2.05) is 6.92 Å². The number of carboxylic acids is 1. The van der Waals surface area contributed by atoms with Crippen molar-refractivity contribution < 1.29 is 23.1 Å². The Bertz CT molecular complexity index is 453. The fraction of sp³-hybridized carbons (Fsp3) is 0.917. The molecule has 2 heterocycles. The molecule has 0 spiro atoms. The van der Waals surface area contributed by atoms with Gasteiger partial charge in [0.15, 0.2) is 6.10 Å². The summed E-state index contributed by atoms with van der Waals surface area (Å²) < 4.78 is 33.7. The number of hydrogen-bond acceptors (Lipinski definition) is 4. The highest BCUT2D eigenvalue weighted by atomic mass is 32.2. The molecule has 0 radical (unpaired) electrons. The molecule has 7 nitrogen and oxygen atoms in total. The van der Waals surface area contributed by atoms with Gasteiger partial charge in [0, 0.05) is 19.1 Å². The summed E-state index contributed by atoms with van der Waals surface area (Å²) in [6.07, 6.45) is 2.65. The van der Waals surface area contributed by atoms with Crippen molar-refractivity contribution in [1.29, 1.82) is 0 Å². The third-order valence-corrected chi connectivity index (χ3v) is 5.62. The van der Waals surface area contributed by atoms with Gasteiger partial charge in [-0.3, -0.25) is 0 Å². The predicted molar refractivity (Wildman–Crippen MR) is 72.5 cm³/mol. The lowest BCUT2D eigenvalue weighted by Crippen LogP contribution is -2.49. The molecule has 2 aliphatic heterocycles. The van der Waals surface area contributed by atoms with Gasteiger partial charge in [-0.15, -0.1) is 0 Å². The second-order valence-corrected chi connectivity index (χ2v) is 7.18. The molecule has 3 atom stereocenters. The molecule has 0 bridgehead atoms. The fourth-order valence-electron chi connectivity index (χ4n) is 2.75. The third kappa shape index (κ3) is 3.69. The maximum atomic E-state index is 12.2. The Kier molecular flexibility index (Phi) is 5.00. The quantitative estimate of drug-likeness (QED) is 0.763. The zero-order chi connectivity index (χ0) is 14.8. The van der Waals surface area contributed by atoms with Crippen LogP contribution >= 0.6 is 0 Å². The standard InChI is InChI=1S/C12H22N2O5S/c1-9-4-2-3-7-14(9)20(17,18)13-8-10-5-6-11(19-10)12(15)16/h9-11,13H,2-8H2,1H3,(H,15,16). The molecule has 2 rings (SSSR count). The number of aliphatic carboxylic acids is 1. The van der Waals surface area contributed by atoms with Crippen molar-refractivity contribution in [3.63, 3.8) is 0 Å². The van der Waals surface area contributed by atoms with Crippen LogP contribution in [0, 0.1) is 0 Å². The van der Waals surface area contributed by atoms with Crippen molar-refractivity contribution in [2.45, 2.75) is 57.3 Å². The van der Waals surface area contributed by atoms with E-state index in [2.05, 4.69) is 4.72 Å². The van der Waals surface area contributed by atoms with Crippen LogP contribution in [0.4, 0.5) is 0 Å². The van der Waals surface area contributed by atoms with E-state index in [9.17, 15) is 13.2 Å². The van der Waals surface area contributed by atoms with Crippen LogP contribution < -0.4 is 4.72 Å². The topological polar surface area (TPSA) is 95.9 Å². The van der Waals surface area contributed by atoms with Crippen molar-refractivity contribution in [3.05, 3.63) is 0 Å². The highest BCUT2D eigenvalue weighted by molar-refractivity contribution is 7.87. The highest BCUT2D eigenvalue weighted by Crippen LogP contribution is 2.21. The SMILES string of the molecule is CC1CCCCN1S(=O)(=O)NCC1CCC(C(=O)O)O1. The second-order valence-electron chi connectivity index (χ2n) is 5.47. The molecule has 0 aromatic rings. The summed E-state index contributed by atoms with van der Waals surface area (Å²) in [5, 5.41) is 8.83. The zero-order valence-electron chi connectivity index (χ0n) is 11.6. The van der Waals surface area contributed by atoms with Gasteiger partial charge in [-0.25, -0.2) is 4.79 Å². The van der Waals surface area contributed by atoms with Crippen LogP contribution in [0.25, 0.3) is 0 Å². The van der Waals surface area contributed by atoms with Gasteiger partial charge in [0.05, 0.1) is 6.10 Å². The number of carboxylic acid groups (broad SMARTS) is 1. The Labute approximate surface area is 119 Å². The summed E-state index contributed by atoms with van der Waals surface area (Å²) in [6, 6.07) is 0.0116. The normalized spacial score (nSPS) is 32.4. The summed E-state index contributed by atoms with van der Waals surface area (Å²) in [5.74, 6) is -0.986. The molecule has 2 saturated heterocycles. The van der Waals surface area contributed by atoms with Gasteiger partial charge in [-0.2, -0.15) is 17.4 Å². The smallest absolute Gasteiger partial charge is 0.332 e. The molecule has 116 valence electrons. The molecule has 2 aliphatic rings. The Morgan fingerprint density at radius 1 is 1.35 bits per heavy atom. The Hall–Kier alpha value is -0.700. The van der Waals surface area contributed by atoms with E-state index in [0.717, 1.165) is 19.3 Å². The maximum absolute atomic E-state index is 12.2. The number of nitrogens with one attached hydrogen (secondary N) is 1. The van der Waals surface area contributed by atoms with E-state index in [-0.39, 0.29) is 18.7 Å². The molecule has 8 heteroatoms. The van der Waals surface area contributed by atoms with Gasteiger partial charge in [0.25, 0.3) is 10.2 Å². The Morgan fingerprint density at radius 2 is 2.10 bits per heavy atom. The number of nitrogens with zero attached hydrogens (tertiary/aromatic N) is 1. The zero-order valence-corrected chi connectivity index (χ0v) is 12.4. The van der Waals surface area contributed by atoms with E-state index < -0.39 is 22.3 Å². The van der Waals surface area contributed by atoms with Crippen LogP contribution in [-0.4, -0.2) is 55.1 Å². The van der Waals surface area contributed by atoms with Crippen molar-refractivity contribution >= 4 is 16.2 Å². The molecule has 0 aliphatic carbocycles. The van der Waals surface area contributed by atoms with Gasteiger partial charge < -0.3 is 9.84 Å². The molecular formula is C12H22N2O5S. The molecule has 2 fully saturated rings. The average Bonchev–Trinajstić information content (AvgIpc) is 2.86. The number of ether oxygens (including phenoxy) is 1. The molecule has 0 aromatic heterocycles. The molecule has 0 amide bonds. The molecule has 0 aromatic carbocycles. The first kappa shape index (κ1) is 15.7. The van der Waals surface area contributed by atoms with Crippen LogP contribution in [0.3, 0.4) is 0 Å². The van der Waals surface area contributed by atoms with Crippen molar-refractivity contribution in [3.8, 4) is 0 Å². The van der Waals surface area contributed by atoms with Gasteiger partial charge in [-0.05, 0) is 32.6 Å². The van der Waals surface area contributed by atoms with Crippen molar-refractivity contribution in [2.24, 2.45) is 0 Å². The fourth-order valence-corrected chi connectivity index (χ4v) is 4.26. The van der Waals surface area contributed by atoms with Crippen LogP contribution in [0.1, 0.15) is 39.0 Å². The van der Waals surface area contributed by atoms with E-state index >= 15 is 0 Å². The molecule has 20 heavy (non-hydrogen) atoms. The largest absolute Gasteiger partial charge is 0.479 e. The summed E-state index contributed by atoms with van der Waals surface area (Å²) in [4.78, 5) is 10.8. The van der Waals surface area contributed by atoms with Crippen molar-refractivity contribution in [2.75, 3.05) is 13.1 Å². The van der Waals surface area contributed by atoms with E-state index in [1.54, 1.807) is 0 Å². The minimum absolute atomic E-state index is 0.0116. The van der Waals surface area contributed by atoms with Gasteiger partial charge in [0.1, 0.15) is 0 Å². The lowest BCUT2D eigenvalue weighted by atomic mass is 10.1. The van der Waals surface area contributed by atoms with Gasteiger partial charge in [0.2, 0.25) is 0 Å². The van der Waals surface area contributed by atoms with E-state index in [1.165, 1.54) is 4.31 Å². The van der Waals surface area contributed by atoms with Crippen molar-refractivity contribution in [1.82, 2.24) is 9.03 Å². The highest BCUT2D eigenvalue weighted by Gasteiger charge is 2.33. The maximum Gasteiger partial charge on any atom is 0.332 e. The predicted octanol–water partition coefficient (Wildman–Crippen LogP) is 0.327. The van der Waals surface area contributed by atoms with Gasteiger partial charge in [-0.1, -0.05) is 6.42 Å². The van der Waals surface area contributed by atoms with Gasteiger partial charge >= 0.3 is 5.97 Å². The lowest BCUT2D eigenvalue weighted by Gasteiger charge is -2.32. The lowest BCUT2D eigenvalue weighted by molar-refractivity contribution is -0.149. The first-order chi connectivity index (χ1) is 9.40. The summed E-state index contributed by atoms with van der Waals surface area (Å²) in [7, 11) is -3.50.